The van der Waals surface area contributed by atoms with Crippen molar-refractivity contribution >= 4 is 6.09 Å². The summed E-state index contributed by atoms with van der Waals surface area (Å²) in [6.45, 7) is 4.29. The van der Waals surface area contributed by atoms with Gasteiger partial charge in [0.25, 0.3) is 0 Å². The number of nitrogens with zero attached hydrogens (tertiary/aromatic N) is 2. The largest absolute Gasteiger partial charge is 0.530 e. The lowest BCUT2D eigenvalue weighted by Crippen LogP contribution is -2.52. The van der Waals surface area contributed by atoms with Crippen molar-refractivity contribution in [2.45, 2.75) is 57.7 Å². The number of nitriles is 1. The van der Waals surface area contributed by atoms with Gasteiger partial charge in [0.15, 0.2) is 0 Å². The van der Waals surface area contributed by atoms with E-state index in [0.717, 1.165) is 19.3 Å². The van der Waals surface area contributed by atoms with Gasteiger partial charge >= 0.3 is 0 Å². The van der Waals surface area contributed by atoms with Crippen LogP contribution in [0.5, 0.6) is 0 Å². The quantitative estimate of drug-likeness (QED) is 0.799. The van der Waals surface area contributed by atoms with Crippen LogP contribution in [0.4, 0.5) is 4.79 Å². The number of carboxylic acid groups (broad SMARTS) is 1. The molecular weight excluding hydrogens is 230 g/mol. The molecule has 5 nitrogen and oxygen atoms in total. The molecule has 0 saturated heterocycles. The van der Waals surface area contributed by atoms with E-state index in [4.69, 9.17) is 5.26 Å². The predicted octanol–water partition coefficient (Wildman–Crippen LogP) is 0.710. The average Bonchev–Trinajstić information content (AvgIpc) is 2.30. The Morgan fingerprint density at radius 3 is 2.72 bits per heavy atom. The van der Waals surface area contributed by atoms with Crippen molar-refractivity contribution in [3.63, 3.8) is 0 Å². The zero-order valence-corrected chi connectivity index (χ0v) is 11.3. The van der Waals surface area contributed by atoms with Crippen LogP contribution >= 0.6 is 0 Å². The van der Waals surface area contributed by atoms with E-state index in [1.165, 1.54) is 0 Å². The Bertz CT molecular complexity index is 325. The summed E-state index contributed by atoms with van der Waals surface area (Å²) < 4.78 is 0. The maximum absolute atomic E-state index is 10.6. The second-order valence-corrected chi connectivity index (χ2v) is 5.39. The highest BCUT2D eigenvalue weighted by Crippen LogP contribution is 2.30. The van der Waals surface area contributed by atoms with Crippen molar-refractivity contribution in [3.05, 3.63) is 0 Å². The van der Waals surface area contributed by atoms with Crippen LogP contribution in [0, 0.1) is 17.2 Å². The molecule has 1 amide bonds. The minimum Gasteiger partial charge on any atom is -0.530 e. The Balaban J connectivity index is 2.64. The van der Waals surface area contributed by atoms with Crippen LogP contribution in [0.1, 0.15) is 39.5 Å². The zero-order valence-electron chi connectivity index (χ0n) is 11.3. The second-order valence-electron chi connectivity index (χ2n) is 5.39. The highest BCUT2D eigenvalue weighted by atomic mass is 16.4. The summed E-state index contributed by atoms with van der Waals surface area (Å²) in [7, 11) is 2.09. The van der Waals surface area contributed by atoms with Crippen LogP contribution in [0.3, 0.4) is 0 Å². The first-order valence-electron chi connectivity index (χ1n) is 6.52. The zero-order chi connectivity index (χ0) is 13.7. The summed E-state index contributed by atoms with van der Waals surface area (Å²) in [5, 5.41) is 21.9. The number of carbonyl (C=O) groups is 1. The molecule has 0 spiro atoms. The van der Waals surface area contributed by atoms with Gasteiger partial charge in [0.05, 0.1) is 6.07 Å². The fourth-order valence-corrected chi connectivity index (χ4v) is 2.72. The van der Waals surface area contributed by atoms with Gasteiger partial charge in [-0.3, -0.25) is 0 Å². The first kappa shape index (κ1) is 14.8. The van der Waals surface area contributed by atoms with Gasteiger partial charge in [-0.2, -0.15) is 5.26 Å². The third-order valence-corrected chi connectivity index (χ3v) is 4.00. The Labute approximate surface area is 109 Å². The number of hydrogen-bond acceptors (Lipinski definition) is 4. The van der Waals surface area contributed by atoms with Gasteiger partial charge in [-0.25, -0.2) is 0 Å². The average molecular weight is 252 g/mol. The van der Waals surface area contributed by atoms with Gasteiger partial charge in [0, 0.05) is 24.5 Å². The van der Waals surface area contributed by atoms with Gasteiger partial charge in [0.2, 0.25) is 0 Å². The molecule has 1 aliphatic rings. The lowest BCUT2D eigenvalue weighted by atomic mass is 9.79. The highest BCUT2D eigenvalue weighted by Gasteiger charge is 2.32. The van der Waals surface area contributed by atoms with E-state index < -0.39 is 6.09 Å². The molecule has 0 aromatic heterocycles. The van der Waals surface area contributed by atoms with E-state index in [9.17, 15) is 9.90 Å². The molecule has 1 N–H and O–H groups in total. The highest BCUT2D eigenvalue weighted by molar-refractivity contribution is 5.62. The van der Waals surface area contributed by atoms with Crippen molar-refractivity contribution < 1.29 is 9.90 Å². The molecule has 1 fully saturated rings. The molecule has 0 aromatic carbocycles. The van der Waals surface area contributed by atoms with Crippen LogP contribution < -0.4 is 10.4 Å². The number of carbonyl (C=O) groups excluding carboxylic acids is 1. The molecule has 5 heteroatoms. The van der Waals surface area contributed by atoms with Crippen molar-refractivity contribution in [1.82, 2.24) is 10.2 Å². The maximum atomic E-state index is 10.6. The monoisotopic (exact) mass is 252 g/mol. The number of nitrogens with one attached hydrogen (secondary N) is 1. The molecule has 18 heavy (non-hydrogen) atoms. The summed E-state index contributed by atoms with van der Waals surface area (Å²) in [5.74, 6) is 0.0906. The van der Waals surface area contributed by atoms with Crippen LogP contribution in [0.15, 0.2) is 0 Å². The molecule has 3 atom stereocenters. The fourth-order valence-electron chi connectivity index (χ4n) is 2.72. The van der Waals surface area contributed by atoms with Crippen molar-refractivity contribution in [2.75, 3.05) is 7.05 Å². The van der Waals surface area contributed by atoms with Gasteiger partial charge in [-0.15, -0.1) is 0 Å². The molecule has 0 aliphatic heterocycles. The van der Waals surface area contributed by atoms with Gasteiger partial charge in [0.1, 0.15) is 6.09 Å². The molecule has 0 radical (unpaired) electrons. The summed E-state index contributed by atoms with van der Waals surface area (Å²) in [5.41, 5.74) is 0. The molecule has 1 aliphatic carbocycles. The molecule has 0 heterocycles. The SMILES string of the molecule is CC(C)N(C)[C@@H]1CC[C@H](NC(=O)[O-])[C@H](CC#N)C1. The van der Waals surface area contributed by atoms with Gasteiger partial charge in [-0.05, 0) is 46.1 Å². The smallest absolute Gasteiger partial charge is 0.134 e. The Kier molecular flexibility index (Phi) is 5.42. The second kappa shape index (κ2) is 6.60. The normalized spacial score (nSPS) is 28.1. The van der Waals surface area contributed by atoms with E-state index in [-0.39, 0.29) is 12.0 Å². The number of amides is 1. The molecule has 1 rings (SSSR count). The van der Waals surface area contributed by atoms with Crippen molar-refractivity contribution in [2.24, 2.45) is 5.92 Å². The van der Waals surface area contributed by atoms with Crippen LogP contribution in [0.2, 0.25) is 0 Å². The molecule has 102 valence electrons. The van der Waals surface area contributed by atoms with Crippen LogP contribution in [0.25, 0.3) is 0 Å². The van der Waals surface area contributed by atoms with Gasteiger partial charge < -0.3 is 20.1 Å². The minimum absolute atomic E-state index is 0.0906. The lowest BCUT2D eigenvalue weighted by Gasteiger charge is -2.41. The van der Waals surface area contributed by atoms with Crippen molar-refractivity contribution in [1.29, 1.82) is 5.26 Å². The van der Waals surface area contributed by atoms with E-state index >= 15 is 0 Å². The summed E-state index contributed by atoms with van der Waals surface area (Å²) in [6.07, 6.45) is 1.77. The van der Waals surface area contributed by atoms with E-state index in [0.29, 0.717) is 18.5 Å². The first-order valence-corrected chi connectivity index (χ1v) is 6.52. The standard InChI is InChI=1S/C13H23N3O2/c1-9(2)16(3)11-4-5-12(15-13(17)18)10(8-11)6-7-14/h9-12,15H,4-6,8H2,1-3H3,(H,17,18)/p-1/t10-,11-,12+/m1/s1. The van der Waals surface area contributed by atoms with Crippen molar-refractivity contribution in [3.8, 4) is 6.07 Å². The van der Waals surface area contributed by atoms with E-state index in [1.807, 2.05) is 0 Å². The van der Waals surface area contributed by atoms with E-state index in [1.54, 1.807) is 0 Å². The molecule has 0 unspecified atom stereocenters. The van der Waals surface area contributed by atoms with Crippen LogP contribution in [-0.4, -0.2) is 36.2 Å². The summed E-state index contributed by atoms with van der Waals surface area (Å²) in [6, 6.07) is 2.92. The minimum atomic E-state index is -1.24. The summed E-state index contributed by atoms with van der Waals surface area (Å²) in [4.78, 5) is 12.9. The topological polar surface area (TPSA) is 79.2 Å². The number of rotatable bonds is 4. The number of hydrogen-bond donors (Lipinski definition) is 1. The van der Waals surface area contributed by atoms with Gasteiger partial charge in [-0.1, -0.05) is 0 Å². The Morgan fingerprint density at radius 1 is 1.56 bits per heavy atom. The van der Waals surface area contributed by atoms with E-state index in [2.05, 4.69) is 37.2 Å². The Morgan fingerprint density at radius 2 is 2.22 bits per heavy atom. The predicted molar refractivity (Wildman–Crippen MR) is 66.6 cm³/mol. The summed E-state index contributed by atoms with van der Waals surface area (Å²) >= 11 is 0. The molecule has 1 saturated carbocycles. The molecule has 0 bridgehead atoms. The molecular formula is C13H22N3O2-. The Hall–Kier alpha value is -1.28. The maximum Gasteiger partial charge on any atom is 0.134 e. The third kappa shape index (κ3) is 3.88. The fraction of sp³-hybridized carbons (Fsp3) is 0.846. The lowest BCUT2D eigenvalue weighted by molar-refractivity contribution is -0.252. The first-order chi connectivity index (χ1) is 8.45. The van der Waals surface area contributed by atoms with Crippen LogP contribution in [-0.2, 0) is 0 Å². The third-order valence-electron chi connectivity index (χ3n) is 4.00. The molecule has 0 aromatic rings.